The van der Waals surface area contributed by atoms with Crippen LogP contribution in [0.3, 0.4) is 0 Å². The van der Waals surface area contributed by atoms with Crippen molar-refractivity contribution < 1.29 is 14.4 Å². The third-order valence-electron chi connectivity index (χ3n) is 3.13. The van der Waals surface area contributed by atoms with Crippen molar-refractivity contribution in [3.63, 3.8) is 0 Å². The Morgan fingerprint density at radius 3 is 2.71 bits per heavy atom. The molecule has 1 aromatic rings. The molecule has 4 amide bonds. The molecular weight excluding hydrogens is 338 g/mol. The number of rotatable bonds is 4. The van der Waals surface area contributed by atoms with E-state index in [4.69, 9.17) is 0 Å². The quantitative estimate of drug-likeness (QED) is 0.812. The molecule has 1 aromatic carbocycles. The summed E-state index contributed by atoms with van der Waals surface area (Å²) in [5.74, 6) is -0.792. The van der Waals surface area contributed by atoms with Crippen LogP contribution in [0.2, 0.25) is 0 Å². The van der Waals surface area contributed by atoms with Gasteiger partial charge < -0.3 is 10.6 Å². The van der Waals surface area contributed by atoms with Gasteiger partial charge in [-0.1, -0.05) is 35.8 Å². The number of nitrogens with one attached hydrogen (secondary N) is 2. The Hall–Kier alpha value is -1.89. The minimum Gasteiger partial charge on any atom is -0.326 e. The fraction of sp³-hybridized carbons (Fsp3) is 0.357. The van der Waals surface area contributed by atoms with Gasteiger partial charge in [0, 0.05) is 10.2 Å². The summed E-state index contributed by atoms with van der Waals surface area (Å²) in [7, 11) is 0. The highest BCUT2D eigenvalue weighted by molar-refractivity contribution is 9.10. The molecule has 0 radical (unpaired) electrons. The van der Waals surface area contributed by atoms with Crippen LogP contribution in [0.25, 0.3) is 0 Å². The molecule has 1 saturated heterocycles. The van der Waals surface area contributed by atoms with Crippen molar-refractivity contribution in [2.75, 3.05) is 11.9 Å². The second-order valence-electron chi connectivity index (χ2n) is 5.15. The number of amides is 4. The van der Waals surface area contributed by atoms with Crippen molar-refractivity contribution in [1.29, 1.82) is 0 Å². The van der Waals surface area contributed by atoms with Gasteiger partial charge in [0.1, 0.15) is 12.6 Å². The van der Waals surface area contributed by atoms with Crippen LogP contribution in [0.15, 0.2) is 28.7 Å². The van der Waals surface area contributed by atoms with Crippen LogP contribution in [0.5, 0.6) is 0 Å². The van der Waals surface area contributed by atoms with Gasteiger partial charge in [-0.05, 0) is 24.1 Å². The monoisotopic (exact) mass is 353 g/mol. The summed E-state index contributed by atoms with van der Waals surface area (Å²) >= 11 is 3.30. The molecule has 1 fully saturated rings. The number of hydrogen-bond donors (Lipinski definition) is 2. The van der Waals surface area contributed by atoms with Gasteiger partial charge in [0.05, 0.1) is 0 Å². The van der Waals surface area contributed by atoms with Gasteiger partial charge in [-0.2, -0.15) is 0 Å². The topological polar surface area (TPSA) is 78.5 Å². The maximum absolute atomic E-state index is 12.1. The molecule has 21 heavy (non-hydrogen) atoms. The largest absolute Gasteiger partial charge is 0.326 e. The van der Waals surface area contributed by atoms with Crippen LogP contribution in [-0.2, 0) is 9.59 Å². The average molecular weight is 354 g/mol. The van der Waals surface area contributed by atoms with Gasteiger partial charge in [-0.3, -0.25) is 14.5 Å². The number of halogens is 1. The lowest BCUT2D eigenvalue weighted by molar-refractivity contribution is -0.131. The van der Waals surface area contributed by atoms with Gasteiger partial charge in [-0.15, -0.1) is 0 Å². The lowest BCUT2D eigenvalue weighted by Gasteiger charge is -2.14. The van der Waals surface area contributed by atoms with E-state index in [1.165, 1.54) is 0 Å². The van der Waals surface area contributed by atoms with Gasteiger partial charge in [0.2, 0.25) is 5.91 Å². The predicted octanol–water partition coefficient (Wildman–Crippen LogP) is 1.96. The Morgan fingerprint density at radius 1 is 1.43 bits per heavy atom. The van der Waals surface area contributed by atoms with Crippen LogP contribution in [0.4, 0.5) is 10.5 Å². The third-order valence-corrected chi connectivity index (χ3v) is 3.63. The smallest absolute Gasteiger partial charge is 0.325 e. The molecule has 0 aliphatic carbocycles. The summed E-state index contributed by atoms with van der Waals surface area (Å²) in [5.41, 5.74) is 0.599. The minimum absolute atomic E-state index is 0.0143. The van der Waals surface area contributed by atoms with Gasteiger partial charge in [-0.25, -0.2) is 4.79 Å². The first-order chi connectivity index (χ1) is 9.88. The second-order valence-corrected chi connectivity index (χ2v) is 6.07. The predicted molar refractivity (Wildman–Crippen MR) is 81.6 cm³/mol. The van der Waals surface area contributed by atoms with Crippen LogP contribution in [0.1, 0.15) is 13.8 Å². The molecule has 2 N–H and O–H groups in total. The van der Waals surface area contributed by atoms with Crippen LogP contribution in [0, 0.1) is 5.92 Å². The molecule has 112 valence electrons. The van der Waals surface area contributed by atoms with E-state index in [2.05, 4.69) is 26.6 Å². The number of carbonyl (C=O) groups excluding carboxylic acids is 3. The molecule has 1 atom stereocenters. The number of hydrogen-bond acceptors (Lipinski definition) is 3. The standard InChI is InChI=1S/C14H16BrN3O3/c1-8(2)12-13(20)18(14(21)17-12)7-11(19)16-10-5-3-4-9(15)6-10/h3-6,8,12H,7H2,1-2H3,(H,16,19)(H,17,21)/t12-/m0/s1. The fourth-order valence-electron chi connectivity index (χ4n) is 2.05. The van der Waals surface area contributed by atoms with E-state index in [0.29, 0.717) is 5.69 Å². The van der Waals surface area contributed by atoms with Crippen molar-refractivity contribution in [3.8, 4) is 0 Å². The lowest BCUT2D eigenvalue weighted by atomic mass is 10.1. The summed E-state index contributed by atoms with van der Waals surface area (Å²) < 4.78 is 0.829. The molecule has 0 bridgehead atoms. The van der Waals surface area contributed by atoms with E-state index in [9.17, 15) is 14.4 Å². The minimum atomic E-state index is -0.559. The number of imide groups is 1. The number of nitrogens with zero attached hydrogens (tertiary/aromatic N) is 1. The van der Waals surface area contributed by atoms with E-state index in [1.54, 1.807) is 18.2 Å². The fourth-order valence-corrected chi connectivity index (χ4v) is 2.45. The van der Waals surface area contributed by atoms with Gasteiger partial charge in [0.25, 0.3) is 5.91 Å². The SMILES string of the molecule is CC(C)[C@@H]1NC(=O)N(CC(=O)Nc2cccc(Br)c2)C1=O. The highest BCUT2D eigenvalue weighted by atomic mass is 79.9. The summed E-state index contributed by atoms with van der Waals surface area (Å²) in [6.45, 7) is 3.39. The van der Waals surface area contributed by atoms with Crippen LogP contribution >= 0.6 is 15.9 Å². The maximum Gasteiger partial charge on any atom is 0.325 e. The third kappa shape index (κ3) is 3.60. The van der Waals surface area contributed by atoms with Crippen molar-refractivity contribution in [1.82, 2.24) is 10.2 Å². The zero-order chi connectivity index (χ0) is 15.6. The Labute approximate surface area is 131 Å². The Kier molecular flexibility index (Phi) is 4.62. The molecule has 7 heteroatoms. The molecule has 1 aliphatic rings. The van der Waals surface area contributed by atoms with E-state index < -0.39 is 18.0 Å². The van der Waals surface area contributed by atoms with E-state index in [1.807, 2.05) is 19.9 Å². The number of carbonyl (C=O) groups is 3. The summed E-state index contributed by atoms with van der Waals surface area (Å²) in [6, 6.07) is 5.99. The van der Waals surface area contributed by atoms with Crippen LogP contribution in [-0.4, -0.2) is 35.3 Å². The highest BCUT2D eigenvalue weighted by Gasteiger charge is 2.40. The average Bonchev–Trinajstić information content (AvgIpc) is 2.67. The highest BCUT2D eigenvalue weighted by Crippen LogP contribution is 2.16. The molecule has 0 aromatic heterocycles. The molecule has 0 unspecified atom stereocenters. The maximum atomic E-state index is 12.1. The second kappa shape index (κ2) is 6.26. The zero-order valence-electron chi connectivity index (χ0n) is 11.7. The number of urea groups is 1. The molecule has 1 heterocycles. The number of benzene rings is 1. The molecule has 1 aliphatic heterocycles. The van der Waals surface area contributed by atoms with Crippen molar-refractivity contribution >= 4 is 39.5 Å². The van der Waals surface area contributed by atoms with Crippen LogP contribution < -0.4 is 10.6 Å². The first-order valence-electron chi connectivity index (χ1n) is 6.56. The molecule has 6 nitrogen and oxygen atoms in total. The Bertz CT molecular complexity index is 589. The van der Waals surface area contributed by atoms with E-state index in [0.717, 1.165) is 9.37 Å². The van der Waals surface area contributed by atoms with Gasteiger partial charge >= 0.3 is 6.03 Å². The number of anilines is 1. The molecule has 0 saturated carbocycles. The Balaban J connectivity index is 2.00. The van der Waals surface area contributed by atoms with Crippen molar-refractivity contribution in [2.45, 2.75) is 19.9 Å². The lowest BCUT2D eigenvalue weighted by Crippen LogP contribution is -2.39. The van der Waals surface area contributed by atoms with E-state index >= 15 is 0 Å². The summed E-state index contributed by atoms with van der Waals surface area (Å²) in [4.78, 5) is 36.7. The van der Waals surface area contributed by atoms with Crippen molar-refractivity contribution in [3.05, 3.63) is 28.7 Å². The van der Waals surface area contributed by atoms with Gasteiger partial charge in [0.15, 0.2) is 0 Å². The Morgan fingerprint density at radius 2 is 2.14 bits per heavy atom. The summed E-state index contributed by atoms with van der Waals surface area (Å²) in [6.07, 6.45) is 0. The summed E-state index contributed by atoms with van der Waals surface area (Å²) in [5, 5.41) is 5.23. The molecule has 2 rings (SSSR count). The molecular formula is C14H16BrN3O3. The molecule has 0 spiro atoms. The van der Waals surface area contributed by atoms with Crippen molar-refractivity contribution in [2.24, 2.45) is 5.92 Å². The first-order valence-corrected chi connectivity index (χ1v) is 7.35. The normalized spacial score (nSPS) is 18.1. The zero-order valence-corrected chi connectivity index (χ0v) is 13.3. The van der Waals surface area contributed by atoms with E-state index in [-0.39, 0.29) is 18.4 Å². The first kappa shape index (κ1) is 15.5.